The fourth-order valence-corrected chi connectivity index (χ4v) is 4.01. The molecule has 1 N–H and O–H groups in total. The van der Waals surface area contributed by atoms with E-state index in [4.69, 9.17) is 4.74 Å². The van der Waals surface area contributed by atoms with Crippen LogP contribution >= 0.6 is 0 Å². The van der Waals surface area contributed by atoms with E-state index in [1.807, 2.05) is 48.4 Å². The summed E-state index contributed by atoms with van der Waals surface area (Å²) in [4.78, 5) is 35.6. The molecule has 0 spiro atoms. The van der Waals surface area contributed by atoms with Crippen LogP contribution in [0.4, 0.5) is 0 Å². The third-order valence-electron chi connectivity index (χ3n) is 5.71. The summed E-state index contributed by atoms with van der Waals surface area (Å²) < 4.78 is 6.22. The first kappa shape index (κ1) is 22.5. The SMILES string of the molecule is C[C@H](Cc1cccnc1)NC(=O)c1ccccc1OC1CCN(C(=O)c2cccnc2)CC1. The minimum Gasteiger partial charge on any atom is -0.489 e. The number of carbonyl (C=O) groups is 2. The van der Waals surface area contributed by atoms with E-state index in [1.165, 1.54) is 0 Å². The second-order valence-electron chi connectivity index (χ2n) is 8.29. The van der Waals surface area contributed by atoms with Crippen LogP contribution in [0.1, 0.15) is 46.0 Å². The van der Waals surface area contributed by atoms with Crippen molar-refractivity contribution in [2.75, 3.05) is 13.1 Å². The van der Waals surface area contributed by atoms with Crippen LogP contribution < -0.4 is 10.1 Å². The van der Waals surface area contributed by atoms with E-state index >= 15 is 0 Å². The zero-order valence-electron chi connectivity index (χ0n) is 18.7. The molecule has 0 bridgehead atoms. The zero-order valence-corrected chi connectivity index (χ0v) is 18.7. The lowest BCUT2D eigenvalue weighted by Crippen LogP contribution is -2.42. The predicted octanol–water partition coefficient (Wildman–Crippen LogP) is 3.52. The molecule has 1 fully saturated rings. The molecule has 1 aromatic carbocycles. The quantitative estimate of drug-likeness (QED) is 0.603. The fraction of sp³-hybridized carbons (Fsp3) is 0.308. The molecule has 7 heteroatoms. The standard InChI is InChI=1S/C26H28N4O3/c1-19(16-20-6-4-12-27-17-20)29-25(31)23-8-2-3-9-24(23)33-22-10-14-30(15-11-22)26(32)21-7-5-13-28-18-21/h2-9,12-13,17-19,22H,10-11,14-16H2,1H3,(H,29,31)/t19-/m1/s1. The zero-order chi connectivity index (χ0) is 23.0. The van der Waals surface area contributed by atoms with E-state index in [2.05, 4.69) is 15.3 Å². The number of amides is 2. The first-order valence-electron chi connectivity index (χ1n) is 11.2. The van der Waals surface area contributed by atoms with Gasteiger partial charge in [0.05, 0.1) is 11.1 Å². The molecule has 2 aromatic heterocycles. The third kappa shape index (κ3) is 5.94. The molecule has 4 rings (SSSR count). The number of ether oxygens (including phenoxy) is 1. The van der Waals surface area contributed by atoms with Gasteiger partial charge in [-0.25, -0.2) is 0 Å². The highest BCUT2D eigenvalue weighted by molar-refractivity contribution is 5.97. The minimum atomic E-state index is -0.161. The molecule has 33 heavy (non-hydrogen) atoms. The van der Waals surface area contributed by atoms with Crippen molar-refractivity contribution >= 4 is 11.8 Å². The van der Waals surface area contributed by atoms with Gasteiger partial charge in [-0.3, -0.25) is 19.6 Å². The van der Waals surface area contributed by atoms with Gasteiger partial charge in [0, 0.05) is 56.8 Å². The predicted molar refractivity (Wildman–Crippen MR) is 125 cm³/mol. The van der Waals surface area contributed by atoms with Gasteiger partial charge in [-0.15, -0.1) is 0 Å². The van der Waals surface area contributed by atoms with Crippen LogP contribution in [0.15, 0.2) is 73.3 Å². The Labute approximate surface area is 193 Å². The van der Waals surface area contributed by atoms with Crippen molar-refractivity contribution in [3.8, 4) is 5.75 Å². The molecular formula is C26H28N4O3. The highest BCUT2D eigenvalue weighted by atomic mass is 16.5. The summed E-state index contributed by atoms with van der Waals surface area (Å²) in [7, 11) is 0. The van der Waals surface area contributed by atoms with E-state index in [1.54, 1.807) is 36.8 Å². The largest absolute Gasteiger partial charge is 0.489 e. The van der Waals surface area contributed by atoms with Gasteiger partial charge >= 0.3 is 0 Å². The molecule has 1 aliphatic rings. The number of pyridine rings is 2. The van der Waals surface area contributed by atoms with Crippen LogP contribution in [0.3, 0.4) is 0 Å². The Bertz CT molecular complexity index is 1070. The molecule has 170 valence electrons. The Morgan fingerprint density at radius 2 is 1.76 bits per heavy atom. The summed E-state index contributed by atoms with van der Waals surface area (Å²) in [6, 6.07) is 14.7. The van der Waals surface area contributed by atoms with Gasteiger partial charge in [-0.2, -0.15) is 0 Å². The van der Waals surface area contributed by atoms with Crippen LogP contribution in [-0.4, -0.2) is 51.9 Å². The van der Waals surface area contributed by atoms with Crippen LogP contribution in [0.25, 0.3) is 0 Å². The van der Waals surface area contributed by atoms with Gasteiger partial charge in [-0.05, 0) is 49.2 Å². The molecule has 0 saturated carbocycles. The molecule has 7 nitrogen and oxygen atoms in total. The van der Waals surface area contributed by atoms with E-state index in [0.29, 0.717) is 49.2 Å². The van der Waals surface area contributed by atoms with Crippen molar-refractivity contribution in [1.29, 1.82) is 0 Å². The first-order valence-corrected chi connectivity index (χ1v) is 11.2. The second-order valence-corrected chi connectivity index (χ2v) is 8.29. The molecule has 2 amide bonds. The normalized spacial score (nSPS) is 15.0. The summed E-state index contributed by atoms with van der Waals surface area (Å²) in [5, 5.41) is 3.06. The van der Waals surface area contributed by atoms with Crippen molar-refractivity contribution in [3.05, 3.63) is 90.0 Å². The number of nitrogens with one attached hydrogen (secondary N) is 1. The van der Waals surface area contributed by atoms with Gasteiger partial charge in [0.15, 0.2) is 0 Å². The maximum absolute atomic E-state index is 12.9. The van der Waals surface area contributed by atoms with Crippen molar-refractivity contribution in [1.82, 2.24) is 20.2 Å². The summed E-state index contributed by atoms with van der Waals surface area (Å²) in [6.45, 7) is 3.19. The van der Waals surface area contributed by atoms with Crippen molar-refractivity contribution in [2.24, 2.45) is 0 Å². The average molecular weight is 445 g/mol. The number of hydrogen-bond donors (Lipinski definition) is 1. The van der Waals surface area contributed by atoms with E-state index in [0.717, 1.165) is 5.56 Å². The number of carbonyl (C=O) groups excluding carboxylic acids is 2. The Hall–Kier alpha value is -3.74. The maximum Gasteiger partial charge on any atom is 0.255 e. The van der Waals surface area contributed by atoms with Crippen molar-refractivity contribution in [2.45, 2.75) is 38.3 Å². The lowest BCUT2D eigenvalue weighted by molar-refractivity contribution is 0.0593. The van der Waals surface area contributed by atoms with Crippen LogP contribution in [0, 0.1) is 0 Å². The molecule has 1 saturated heterocycles. The Morgan fingerprint density at radius 3 is 2.45 bits per heavy atom. The summed E-state index contributed by atoms with van der Waals surface area (Å²) in [5.74, 6) is 0.399. The molecule has 3 aromatic rings. The molecule has 0 radical (unpaired) electrons. The third-order valence-corrected chi connectivity index (χ3v) is 5.71. The lowest BCUT2D eigenvalue weighted by atomic mass is 10.1. The smallest absolute Gasteiger partial charge is 0.255 e. The number of likely N-dealkylation sites (tertiary alicyclic amines) is 1. The average Bonchev–Trinajstić information content (AvgIpc) is 2.85. The van der Waals surface area contributed by atoms with Crippen molar-refractivity contribution < 1.29 is 14.3 Å². The van der Waals surface area contributed by atoms with Gasteiger partial charge in [0.2, 0.25) is 0 Å². The van der Waals surface area contributed by atoms with Crippen LogP contribution in [0.5, 0.6) is 5.75 Å². The maximum atomic E-state index is 12.9. The monoisotopic (exact) mass is 444 g/mol. The molecule has 0 aliphatic carbocycles. The van der Waals surface area contributed by atoms with Gasteiger partial charge in [0.1, 0.15) is 11.9 Å². The number of rotatable bonds is 7. The van der Waals surface area contributed by atoms with Crippen LogP contribution in [0.2, 0.25) is 0 Å². The molecule has 0 unspecified atom stereocenters. The lowest BCUT2D eigenvalue weighted by Gasteiger charge is -2.32. The number of aromatic nitrogens is 2. The van der Waals surface area contributed by atoms with Crippen LogP contribution in [-0.2, 0) is 6.42 Å². The van der Waals surface area contributed by atoms with Gasteiger partial charge in [0.25, 0.3) is 11.8 Å². The Balaban J connectivity index is 1.33. The molecule has 1 atom stereocenters. The number of hydrogen-bond acceptors (Lipinski definition) is 5. The number of piperidine rings is 1. The van der Waals surface area contributed by atoms with E-state index in [9.17, 15) is 9.59 Å². The Kier molecular flexibility index (Phi) is 7.29. The highest BCUT2D eigenvalue weighted by Gasteiger charge is 2.26. The topological polar surface area (TPSA) is 84.4 Å². The van der Waals surface area contributed by atoms with E-state index < -0.39 is 0 Å². The summed E-state index contributed by atoms with van der Waals surface area (Å²) >= 11 is 0. The first-order chi connectivity index (χ1) is 16.1. The van der Waals surface area contributed by atoms with Gasteiger partial charge in [-0.1, -0.05) is 18.2 Å². The fourth-order valence-electron chi connectivity index (χ4n) is 4.01. The Morgan fingerprint density at radius 1 is 1.03 bits per heavy atom. The molecular weight excluding hydrogens is 416 g/mol. The summed E-state index contributed by atoms with van der Waals surface area (Å²) in [5.41, 5.74) is 2.19. The van der Waals surface area contributed by atoms with E-state index in [-0.39, 0.29) is 24.0 Å². The molecule has 1 aliphatic heterocycles. The van der Waals surface area contributed by atoms with Crippen molar-refractivity contribution in [3.63, 3.8) is 0 Å². The molecule has 3 heterocycles. The number of nitrogens with zero attached hydrogens (tertiary/aromatic N) is 3. The number of benzene rings is 1. The van der Waals surface area contributed by atoms with Gasteiger partial charge < -0.3 is 15.0 Å². The second kappa shape index (κ2) is 10.7. The summed E-state index contributed by atoms with van der Waals surface area (Å²) in [6.07, 6.45) is 8.86. The number of para-hydroxylation sites is 1. The minimum absolute atomic E-state index is 0.0102. The highest BCUT2D eigenvalue weighted by Crippen LogP contribution is 2.24.